The molecule has 1 aliphatic heterocycles. The summed E-state index contributed by atoms with van der Waals surface area (Å²) in [6, 6.07) is 0. The highest BCUT2D eigenvalue weighted by Crippen LogP contribution is 2.43. The van der Waals surface area contributed by atoms with Crippen LogP contribution < -0.4 is 4.90 Å². The molecular formula is C9H11F2N3S. The summed E-state index contributed by atoms with van der Waals surface area (Å²) in [4.78, 5) is 1.89. The fourth-order valence-electron chi connectivity index (χ4n) is 1.68. The second-order valence-electron chi connectivity index (χ2n) is 4.20. The van der Waals surface area contributed by atoms with Crippen molar-refractivity contribution in [3.05, 3.63) is 5.01 Å². The van der Waals surface area contributed by atoms with E-state index in [0.717, 1.165) is 10.1 Å². The highest BCUT2D eigenvalue weighted by Gasteiger charge is 2.36. The van der Waals surface area contributed by atoms with E-state index in [1.165, 1.54) is 12.8 Å². The number of alkyl halides is 2. The standard InChI is InChI=1S/C9H11F2N3S/c10-7(11)6-3-14(4-6)9-13-12-8(15-9)5-1-2-5/h5-7H,1-4H2. The minimum atomic E-state index is -2.20. The van der Waals surface area contributed by atoms with Gasteiger partial charge in [-0.2, -0.15) is 0 Å². The van der Waals surface area contributed by atoms with Gasteiger partial charge in [-0.25, -0.2) is 8.78 Å². The van der Waals surface area contributed by atoms with E-state index in [0.29, 0.717) is 19.0 Å². The van der Waals surface area contributed by atoms with Crippen LogP contribution in [-0.2, 0) is 0 Å². The fraction of sp³-hybridized carbons (Fsp3) is 0.778. The van der Waals surface area contributed by atoms with E-state index in [9.17, 15) is 8.78 Å². The van der Waals surface area contributed by atoms with Crippen molar-refractivity contribution in [2.24, 2.45) is 5.92 Å². The van der Waals surface area contributed by atoms with E-state index in [2.05, 4.69) is 10.2 Å². The number of aromatic nitrogens is 2. The Morgan fingerprint density at radius 3 is 2.60 bits per heavy atom. The van der Waals surface area contributed by atoms with Crippen molar-refractivity contribution in [3.8, 4) is 0 Å². The number of halogens is 2. The number of anilines is 1. The summed E-state index contributed by atoms with van der Waals surface area (Å²) in [5.74, 6) is 0.127. The van der Waals surface area contributed by atoms with Crippen LogP contribution in [0.4, 0.5) is 13.9 Å². The Bertz CT molecular complexity index is 358. The molecule has 3 nitrogen and oxygen atoms in total. The highest BCUT2D eigenvalue weighted by atomic mass is 32.1. The van der Waals surface area contributed by atoms with Gasteiger partial charge in [-0.05, 0) is 12.8 Å². The van der Waals surface area contributed by atoms with Gasteiger partial charge in [0.2, 0.25) is 11.6 Å². The molecule has 2 aliphatic rings. The smallest absolute Gasteiger partial charge is 0.244 e. The zero-order valence-electron chi connectivity index (χ0n) is 8.07. The molecule has 0 aromatic carbocycles. The molecule has 1 saturated heterocycles. The summed E-state index contributed by atoms with van der Waals surface area (Å²) in [5.41, 5.74) is 0. The fourth-order valence-corrected chi connectivity index (χ4v) is 2.71. The molecule has 1 aromatic rings. The summed E-state index contributed by atoms with van der Waals surface area (Å²) in [7, 11) is 0. The van der Waals surface area contributed by atoms with Gasteiger partial charge >= 0.3 is 0 Å². The minimum absolute atomic E-state index is 0.428. The number of rotatable bonds is 3. The average Bonchev–Trinajstić information content (AvgIpc) is 2.84. The summed E-state index contributed by atoms with van der Waals surface area (Å²) < 4.78 is 24.5. The molecule has 0 spiro atoms. The van der Waals surface area contributed by atoms with Crippen LogP contribution in [0.2, 0.25) is 0 Å². The number of nitrogens with zero attached hydrogens (tertiary/aromatic N) is 3. The lowest BCUT2D eigenvalue weighted by Crippen LogP contribution is -2.50. The van der Waals surface area contributed by atoms with E-state index in [1.54, 1.807) is 11.3 Å². The second-order valence-corrected chi connectivity index (χ2v) is 5.18. The van der Waals surface area contributed by atoms with E-state index in [-0.39, 0.29) is 0 Å². The topological polar surface area (TPSA) is 29.0 Å². The van der Waals surface area contributed by atoms with Crippen molar-refractivity contribution >= 4 is 16.5 Å². The third-order valence-corrected chi connectivity index (χ3v) is 4.04. The highest BCUT2D eigenvalue weighted by molar-refractivity contribution is 7.15. The molecule has 1 aliphatic carbocycles. The predicted octanol–water partition coefficient (Wildman–Crippen LogP) is 2.12. The quantitative estimate of drug-likeness (QED) is 0.798. The van der Waals surface area contributed by atoms with Crippen LogP contribution in [0, 0.1) is 5.92 Å². The van der Waals surface area contributed by atoms with Gasteiger partial charge in [0, 0.05) is 19.0 Å². The van der Waals surface area contributed by atoms with Crippen LogP contribution in [-0.4, -0.2) is 29.7 Å². The lowest BCUT2D eigenvalue weighted by Gasteiger charge is -2.38. The van der Waals surface area contributed by atoms with Crippen LogP contribution in [0.15, 0.2) is 0 Å². The first-order chi connectivity index (χ1) is 7.24. The Hall–Kier alpha value is -0.780. The largest absolute Gasteiger partial charge is 0.346 e. The van der Waals surface area contributed by atoms with Gasteiger partial charge in [0.1, 0.15) is 5.01 Å². The molecule has 2 heterocycles. The molecule has 6 heteroatoms. The Labute approximate surface area is 90.1 Å². The van der Waals surface area contributed by atoms with E-state index in [4.69, 9.17) is 0 Å². The van der Waals surface area contributed by atoms with Crippen LogP contribution in [0.1, 0.15) is 23.8 Å². The normalized spacial score (nSPS) is 22.2. The van der Waals surface area contributed by atoms with Gasteiger partial charge in [-0.15, -0.1) is 10.2 Å². The maximum Gasteiger partial charge on any atom is 0.244 e. The van der Waals surface area contributed by atoms with Crippen molar-refractivity contribution in [3.63, 3.8) is 0 Å². The molecule has 82 valence electrons. The molecule has 1 saturated carbocycles. The number of hydrogen-bond donors (Lipinski definition) is 0. The van der Waals surface area contributed by atoms with E-state index in [1.807, 2.05) is 4.90 Å². The Morgan fingerprint density at radius 1 is 1.27 bits per heavy atom. The van der Waals surface area contributed by atoms with Crippen LogP contribution in [0.25, 0.3) is 0 Å². The monoisotopic (exact) mass is 231 g/mol. The van der Waals surface area contributed by atoms with Crippen molar-refractivity contribution in [2.75, 3.05) is 18.0 Å². The molecule has 0 N–H and O–H groups in total. The first-order valence-electron chi connectivity index (χ1n) is 5.10. The van der Waals surface area contributed by atoms with Crippen molar-refractivity contribution in [2.45, 2.75) is 25.2 Å². The van der Waals surface area contributed by atoms with Gasteiger partial charge in [0.15, 0.2) is 0 Å². The lowest BCUT2D eigenvalue weighted by molar-refractivity contribution is 0.0613. The lowest BCUT2D eigenvalue weighted by atomic mass is 10.0. The van der Waals surface area contributed by atoms with Crippen LogP contribution >= 0.6 is 11.3 Å². The Kier molecular flexibility index (Phi) is 2.12. The first kappa shape index (κ1) is 9.45. The summed E-state index contributed by atoms with van der Waals surface area (Å²) in [5, 5.41) is 10.0. The molecular weight excluding hydrogens is 220 g/mol. The zero-order chi connectivity index (χ0) is 10.4. The van der Waals surface area contributed by atoms with E-state index < -0.39 is 12.3 Å². The molecule has 15 heavy (non-hydrogen) atoms. The molecule has 0 radical (unpaired) electrons. The van der Waals surface area contributed by atoms with E-state index >= 15 is 0 Å². The molecule has 0 atom stereocenters. The molecule has 0 bridgehead atoms. The van der Waals surface area contributed by atoms with Gasteiger partial charge < -0.3 is 4.90 Å². The van der Waals surface area contributed by atoms with Gasteiger partial charge in [0.05, 0.1) is 5.92 Å². The van der Waals surface area contributed by atoms with Crippen molar-refractivity contribution < 1.29 is 8.78 Å². The zero-order valence-corrected chi connectivity index (χ0v) is 8.88. The Balaban J connectivity index is 1.63. The first-order valence-corrected chi connectivity index (χ1v) is 5.92. The van der Waals surface area contributed by atoms with Gasteiger partial charge in [-0.1, -0.05) is 11.3 Å². The maximum atomic E-state index is 12.3. The SMILES string of the molecule is FC(F)C1CN(c2nnc(C3CC3)s2)C1. The second kappa shape index (κ2) is 3.37. The van der Waals surface area contributed by atoms with Crippen molar-refractivity contribution in [1.82, 2.24) is 10.2 Å². The third-order valence-electron chi connectivity index (χ3n) is 2.89. The molecule has 1 aromatic heterocycles. The van der Waals surface area contributed by atoms with Crippen LogP contribution in [0.3, 0.4) is 0 Å². The number of hydrogen-bond acceptors (Lipinski definition) is 4. The Morgan fingerprint density at radius 2 is 2.00 bits per heavy atom. The molecule has 0 amide bonds. The maximum absolute atomic E-state index is 12.3. The summed E-state index contributed by atoms with van der Waals surface area (Å²) in [6.07, 6.45) is 0.208. The molecule has 3 rings (SSSR count). The third kappa shape index (κ3) is 1.71. The van der Waals surface area contributed by atoms with Gasteiger partial charge in [0.25, 0.3) is 0 Å². The predicted molar refractivity (Wildman–Crippen MR) is 53.6 cm³/mol. The van der Waals surface area contributed by atoms with Crippen molar-refractivity contribution in [1.29, 1.82) is 0 Å². The average molecular weight is 231 g/mol. The van der Waals surface area contributed by atoms with Gasteiger partial charge in [-0.3, -0.25) is 0 Å². The summed E-state index contributed by atoms with van der Waals surface area (Å²) >= 11 is 1.56. The summed E-state index contributed by atoms with van der Waals surface area (Å²) in [6.45, 7) is 0.855. The molecule has 0 unspecified atom stereocenters. The molecule has 2 fully saturated rings. The minimum Gasteiger partial charge on any atom is -0.346 e. The van der Waals surface area contributed by atoms with Crippen LogP contribution in [0.5, 0.6) is 0 Å².